The number of carbonyl (C=O) groups excluding carboxylic acids is 2. The zero-order valence-electron chi connectivity index (χ0n) is 18.1. The van der Waals surface area contributed by atoms with Crippen molar-refractivity contribution < 1.29 is 14.3 Å². The van der Waals surface area contributed by atoms with Crippen LogP contribution in [0.5, 0.6) is 0 Å². The van der Waals surface area contributed by atoms with E-state index in [4.69, 9.17) is 4.74 Å². The predicted octanol–water partition coefficient (Wildman–Crippen LogP) is 3.60. The first-order chi connectivity index (χ1) is 15.5. The van der Waals surface area contributed by atoms with Crippen molar-refractivity contribution >= 4 is 34.5 Å². The summed E-state index contributed by atoms with van der Waals surface area (Å²) >= 11 is 1.37. The van der Waals surface area contributed by atoms with E-state index in [0.29, 0.717) is 52.5 Å². The van der Waals surface area contributed by atoms with Crippen LogP contribution in [-0.2, 0) is 11.3 Å². The second-order valence-electron chi connectivity index (χ2n) is 7.80. The van der Waals surface area contributed by atoms with Crippen molar-refractivity contribution in [3.8, 4) is 0 Å². The number of nitrogens with zero attached hydrogens (tertiary/aromatic N) is 3. The van der Waals surface area contributed by atoms with Crippen LogP contribution in [0.15, 0.2) is 58.5 Å². The lowest BCUT2D eigenvalue weighted by atomic mass is 10.1. The molecule has 0 N–H and O–H groups in total. The molecule has 1 aliphatic rings. The number of imide groups is 1. The summed E-state index contributed by atoms with van der Waals surface area (Å²) in [5.74, 6) is -0.111. The Kier molecular flexibility index (Phi) is 6.72. The minimum atomic E-state index is -0.277. The van der Waals surface area contributed by atoms with Crippen LogP contribution in [0.1, 0.15) is 41.0 Å². The van der Waals surface area contributed by atoms with E-state index in [1.165, 1.54) is 16.7 Å². The van der Waals surface area contributed by atoms with Crippen molar-refractivity contribution in [3.63, 3.8) is 0 Å². The van der Waals surface area contributed by atoms with Crippen molar-refractivity contribution in [1.29, 1.82) is 0 Å². The summed E-state index contributed by atoms with van der Waals surface area (Å²) in [6.45, 7) is 5.24. The number of ether oxygens (including phenoxy) is 1. The molecule has 0 radical (unpaired) electrons. The number of hydrogen-bond donors (Lipinski definition) is 0. The maximum Gasteiger partial charge on any atom is 0.262 e. The quantitative estimate of drug-likeness (QED) is 0.214. The number of rotatable bonds is 9. The number of benzene rings is 2. The maximum absolute atomic E-state index is 13.1. The van der Waals surface area contributed by atoms with E-state index in [0.717, 1.165) is 0 Å². The van der Waals surface area contributed by atoms with Gasteiger partial charge in [-0.1, -0.05) is 36.0 Å². The Hall–Kier alpha value is -2.97. The monoisotopic (exact) mass is 451 g/mol. The summed E-state index contributed by atoms with van der Waals surface area (Å²) in [7, 11) is 0. The normalized spacial score (nSPS) is 13.4. The topological polar surface area (TPSA) is 81.5 Å². The van der Waals surface area contributed by atoms with E-state index in [1.54, 1.807) is 34.9 Å². The van der Waals surface area contributed by atoms with Gasteiger partial charge in [0, 0.05) is 25.4 Å². The van der Waals surface area contributed by atoms with Gasteiger partial charge in [-0.25, -0.2) is 4.98 Å². The molecule has 0 bridgehead atoms. The molecular weight excluding hydrogens is 426 g/mol. The van der Waals surface area contributed by atoms with Crippen LogP contribution in [0.25, 0.3) is 10.9 Å². The number of carbonyl (C=O) groups is 2. The SMILES string of the molecule is CC(C)OCCCn1c(SCCN2C(=O)c3ccccc3C2=O)nc2ccccc2c1=O. The molecule has 7 nitrogen and oxygen atoms in total. The average molecular weight is 452 g/mol. The Morgan fingerprint density at radius 1 is 0.938 bits per heavy atom. The summed E-state index contributed by atoms with van der Waals surface area (Å²) in [6, 6.07) is 14.1. The Bertz CT molecular complexity index is 1190. The Morgan fingerprint density at radius 3 is 2.28 bits per heavy atom. The summed E-state index contributed by atoms with van der Waals surface area (Å²) in [5.41, 5.74) is 1.42. The molecule has 2 heterocycles. The number of para-hydroxylation sites is 1. The third kappa shape index (κ3) is 4.47. The predicted molar refractivity (Wildman–Crippen MR) is 124 cm³/mol. The molecule has 166 valence electrons. The highest BCUT2D eigenvalue weighted by Gasteiger charge is 2.34. The smallest absolute Gasteiger partial charge is 0.262 e. The fourth-order valence-corrected chi connectivity index (χ4v) is 4.62. The molecule has 1 aliphatic heterocycles. The molecule has 0 atom stereocenters. The van der Waals surface area contributed by atoms with E-state index < -0.39 is 0 Å². The van der Waals surface area contributed by atoms with Crippen LogP contribution in [0.2, 0.25) is 0 Å². The molecule has 0 spiro atoms. The minimum Gasteiger partial charge on any atom is -0.379 e. The first-order valence-corrected chi connectivity index (χ1v) is 11.6. The molecule has 2 aromatic carbocycles. The van der Waals surface area contributed by atoms with Gasteiger partial charge in [0.05, 0.1) is 28.1 Å². The molecule has 0 saturated heterocycles. The van der Waals surface area contributed by atoms with E-state index >= 15 is 0 Å². The zero-order chi connectivity index (χ0) is 22.7. The highest BCUT2D eigenvalue weighted by atomic mass is 32.2. The van der Waals surface area contributed by atoms with Gasteiger partial charge in [0.15, 0.2) is 5.16 Å². The summed E-state index contributed by atoms with van der Waals surface area (Å²) < 4.78 is 7.28. The van der Waals surface area contributed by atoms with Crippen molar-refractivity contribution in [2.45, 2.75) is 38.1 Å². The Balaban J connectivity index is 1.50. The molecule has 4 rings (SSSR count). The first kappa shape index (κ1) is 22.2. The van der Waals surface area contributed by atoms with Crippen LogP contribution < -0.4 is 5.56 Å². The summed E-state index contributed by atoms with van der Waals surface area (Å²) in [5, 5.41) is 1.15. The fourth-order valence-electron chi connectivity index (χ4n) is 3.67. The molecule has 1 aromatic heterocycles. The summed E-state index contributed by atoms with van der Waals surface area (Å²) in [4.78, 5) is 44.2. The molecule has 0 fully saturated rings. The van der Waals surface area contributed by atoms with Gasteiger partial charge < -0.3 is 4.74 Å². The van der Waals surface area contributed by atoms with Crippen LogP contribution in [0, 0.1) is 0 Å². The first-order valence-electron chi connectivity index (χ1n) is 10.7. The van der Waals surface area contributed by atoms with Crippen LogP contribution >= 0.6 is 11.8 Å². The fraction of sp³-hybridized carbons (Fsp3) is 0.333. The maximum atomic E-state index is 13.1. The van der Waals surface area contributed by atoms with Gasteiger partial charge in [0.2, 0.25) is 0 Å². The second kappa shape index (κ2) is 9.67. The molecule has 0 aliphatic carbocycles. The van der Waals surface area contributed by atoms with Gasteiger partial charge in [0.25, 0.3) is 17.4 Å². The largest absolute Gasteiger partial charge is 0.379 e. The number of fused-ring (bicyclic) bond motifs is 2. The summed E-state index contributed by atoms with van der Waals surface area (Å²) in [6.07, 6.45) is 0.819. The van der Waals surface area contributed by atoms with Gasteiger partial charge in [-0.3, -0.25) is 23.9 Å². The van der Waals surface area contributed by atoms with Crippen molar-refractivity contribution in [1.82, 2.24) is 14.5 Å². The third-order valence-corrected chi connectivity index (χ3v) is 6.18. The van der Waals surface area contributed by atoms with E-state index in [1.807, 2.05) is 32.0 Å². The van der Waals surface area contributed by atoms with Crippen molar-refractivity contribution in [3.05, 3.63) is 70.0 Å². The highest BCUT2D eigenvalue weighted by molar-refractivity contribution is 7.99. The molecule has 0 unspecified atom stereocenters. The lowest BCUT2D eigenvalue weighted by molar-refractivity contribution is 0.0663. The molecule has 2 amide bonds. The van der Waals surface area contributed by atoms with E-state index in [2.05, 4.69) is 4.98 Å². The number of hydrogen-bond acceptors (Lipinski definition) is 6. The molecular formula is C24H25N3O4S. The number of thioether (sulfide) groups is 1. The average Bonchev–Trinajstić information content (AvgIpc) is 3.03. The molecule has 0 saturated carbocycles. The van der Waals surface area contributed by atoms with E-state index in [-0.39, 0.29) is 30.0 Å². The minimum absolute atomic E-state index is 0.0941. The Labute approximate surface area is 190 Å². The van der Waals surface area contributed by atoms with Crippen LogP contribution in [0.3, 0.4) is 0 Å². The van der Waals surface area contributed by atoms with Gasteiger partial charge >= 0.3 is 0 Å². The van der Waals surface area contributed by atoms with E-state index in [9.17, 15) is 14.4 Å². The third-order valence-electron chi connectivity index (χ3n) is 5.23. The zero-order valence-corrected chi connectivity index (χ0v) is 18.9. The molecule has 3 aromatic rings. The van der Waals surface area contributed by atoms with Gasteiger partial charge in [-0.2, -0.15) is 0 Å². The Morgan fingerprint density at radius 2 is 1.59 bits per heavy atom. The molecule has 32 heavy (non-hydrogen) atoms. The van der Waals surface area contributed by atoms with Crippen molar-refractivity contribution in [2.24, 2.45) is 0 Å². The standard InChI is InChI=1S/C24H25N3O4S/c1-16(2)31-14-7-12-27-23(30)19-10-5-6-11-20(19)25-24(27)32-15-13-26-21(28)17-8-3-4-9-18(17)22(26)29/h3-6,8-11,16H,7,12-15H2,1-2H3. The molecule has 8 heteroatoms. The highest BCUT2D eigenvalue weighted by Crippen LogP contribution is 2.24. The lowest BCUT2D eigenvalue weighted by Crippen LogP contribution is -2.32. The van der Waals surface area contributed by atoms with Gasteiger partial charge in [-0.15, -0.1) is 0 Å². The lowest BCUT2D eigenvalue weighted by Gasteiger charge is -2.16. The second-order valence-corrected chi connectivity index (χ2v) is 8.86. The van der Waals surface area contributed by atoms with Crippen molar-refractivity contribution in [2.75, 3.05) is 18.9 Å². The van der Waals surface area contributed by atoms with Crippen LogP contribution in [0.4, 0.5) is 0 Å². The van der Waals surface area contributed by atoms with Crippen LogP contribution in [-0.4, -0.2) is 51.3 Å². The number of aromatic nitrogens is 2. The number of amides is 2. The van der Waals surface area contributed by atoms with Gasteiger partial charge in [0.1, 0.15) is 0 Å². The van der Waals surface area contributed by atoms with Gasteiger partial charge in [-0.05, 0) is 44.5 Å².